The van der Waals surface area contributed by atoms with Crippen LogP contribution in [0.15, 0.2) is 36.4 Å². The third-order valence-corrected chi connectivity index (χ3v) is 3.23. The molecule has 0 aliphatic rings. The maximum atomic E-state index is 5.92. The molecule has 2 heteroatoms. The van der Waals surface area contributed by atoms with Crippen LogP contribution in [-0.2, 0) is 0 Å². The molecule has 0 bridgehead atoms. The summed E-state index contributed by atoms with van der Waals surface area (Å²) in [4.78, 5) is 0. The van der Waals surface area contributed by atoms with E-state index in [-0.39, 0.29) is 6.04 Å². The average molecular weight is 234 g/mol. The van der Waals surface area contributed by atoms with Gasteiger partial charge in [-0.05, 0) is 36.4 Å². The lowest BCUT2D eigenvalue weighted by Gasteiger charge is -2.14. The quantitative estimate of drug-likeness (QED) is 0.799. The highest BCUT2D eigenvalue weighted by molar-refractivity contribution is 6.18. The first kappa shape index (κ1) is 11.4. The van der Waals surface area contributed by atoms with Crippen LogP contribution in [0, 0.1) is 6.92 Å². The van der Waals surface area contributed by atoms with Crippen LogP contribution in [0.4, 0.5) is 0 Å². The molecule has 0 radical (unpaired) electrons. The summed E-state index contributed by atoms with van der Waals surface area (Å²) in [5.41, 5.74) is 2.54. The molecule has 2 aromatic rings. The molecule has 0 aliphatic carbocycles. The molecule has 0 fully saturated rings. The van der Waals surface area contributed by atoms with Gasteiger partial charge in [0.05, 0.1) is 0 Å². The molecule has 1 atom stereocenters. The Morgan fingerprint density at radius 3 is 2.50 bits per heavy atom. The van der Waals surface area contributed by atoms with Crippen LogP contribution in [0.1, 0.15) is 17.2 Å². The van der Waals surface area contributed by atoms with Crippen molar-refractivity contribution < 1.29 is 0 Å². The molecule has 2 rings (SSSR count). The smallest absolute Gasteiger partial charge is 0.0455 e. The minimum absolute atomic E-state index is 0.229. The van der Waals surface area contributed by atoms with Crippen LogP contribution >= 0.6 is 11.6 Å². The molecule has 0 saturated carbocycles. The summed E-state index contributed by atoms with van der Waals surface area (Å²) in [6.07, 6.45) is 0. The summed E-state index contributed by atoms with van der Waals surface area (Å²) in [7, 11) is 1.94. The zero-order valence-corrected chi connectivity index (χ0v) is 10.4. The third-order valence-electron chi connectivity index (χ3n) is 2.92. The maximum absolute atomic E-state index is 5.92. The van der Waals surface area contributed by atoms with Gasteiger partial charge in [-0.25, -0.2) is 0 Å². The van der Waals surface area contributed by atoms with Crippen molar-refractivity contribution in [2.75, 3.05) is 12.9 Å². The van der Waals surface area contributed by atoms with E-state index >= 15 is 0 Å². The number of hydrogen-bond acceptors (Lipinski definition) is 1. The van der Waals surface area contributed by atoms with E-state index in [4.69, 9.17) is 11.6 Å². The van der Waals surface area contributed by atoms with Gasteiger partial charge in [0.25, 0.3) is 0 Å². The van der Waals surface area contributed by atoms with Crippen LogP contribution in [-0.4, -0.2) is 12.9 Å². The lowest BCUT2D eigenvalue weighted by Crippen LogP contribution is -2.17. The summed E-state index contributed by atoms with van der Waals surface area (Å²) < 4.78 is 0. The van der Waals surface area contributed by atoms with E-state index in [1.54, 1.807) is 0 Å². The Labute approximate surface area is 101 Å². The molecule has 1 nitrogen and oxygen atoms in total. The molecule has 0 spiro atoms. The number of aryl methyl sites for hydroxylation is 1. The first-order chi connectivity index (χ1) is 7.74. The van der Waals surface area contributed by atoms with E-state index in [0.29, 0.717) is 5.88 Å². The van der Waals surface area contributed by atoms with Crippen LogP contribution in [0.5, 0.6) is 0 Å². The van der Waals surface area contributed by atoms with Crippen molar-refractivity contribution in [3.63, 3.8) is 0 Å². The first-order valence-electron chi connectivity index (χ1n) is 5.48. The highest BCUT2D eigenvalue weighted by Crippen LogP contribution is 2.22. The summed E-state index contributed by atoms with van der Waals surface area (Å²) in [6.45, 7) is 2.11. The fourth-order valence-corrected chi connectivity index (χ4v) is 2.27. The molecule has 1 unspecified atom stereocenters. The monoisotopic (exact) mass is 233 g/mol. The SMILES string of the molecule is CNC(CCl)c1ccc2cc(C)ccc2c1. The molecule has 0 saturated heterocycles. The Morgan fingerprint density at radius 2 is 1.81 bits per heavy atom. The number of benzene rings is 2. The van der Waals surface area contributed by atoms with Gasteiger partial charge in [0, 0.05) is 11.9 Å². The van der Waals surface area contributed by atoms with Gasteiger partial charge in [0.15, 0.2) is 0 Å². The Hall–Kier alpha value is -1.05. The van der Waals surface area contributed by atoms with Gasteiger partial charge >= 0.3 is 0 Å². The van der Waals surface area contributed by atoms with Gasteiger partial charge in [0.1, 0.15) is 0 Å². The van der Waals surface area contributed by atoms with Gasteiger partial charge in [0.2, 0.25) is 0 Å². The molecule has 0 aliphatic heterocycles. The van der Waals surface area contributed by atoms with Crippen molar-refractivity contribution >= 4 is 22.4 Å². The number of rotatable bonds is 3. The van der Waals surface area contributed by atoms with Gasteiger partial charge in [-0.3, -0.25) is 0 Å². The molecule has 0 aromatic heterocycles. The van der Waals surface area contributed by atoms with E-state index < -0.39 is 0 Å². The van der Waals surface area contributed by atoms with Gasteiger partial charge in [-0.1, -0.05) is 35.9 Å². The zero-order chi connectivity index (χ0) is 11.5. The van der Waals surface area contributed by atoms with Crippen molar-refractivity contribution in [1.29, 1.82) is 0 Å². The summed E-state index contributed by atoms with van der Waals surface area (Å²) in [5.74, 6) is 0.591. The Bertz CT molecular complexity index is 489. The summed E-state index contributed by atoms with van der Waals surface area (Å²) in [5, 5.41) is 5.77. The second-order valence-corrected chi connectivity index (χ2v) is 4.41. The molecule has 0 heterocycles. The molecular formula is C14H16ClN. The van der Waals surface area contributed by atoms with E-state index in [2.05, 4.69) is 48.6 Å². The van der Waals surface area contributed by atoms with Gasteiger partial charge in [-0.15, -0.1) is 11.6 Å². The van der Waals surface area contributed by atoms with Crippen LogP contribution in [0.3, 0.4) is 0 Å². The summed E-state index contributed by atoms with van der Waals surface area (Å²) in [6, 6.07) is 13.2. The van der Waals surface area contributed by atoms with Crippen molar-refractivity contribution in [2.45, 2.75) is 13.0 Å². The fraction of sp³-hybridized carbons (Fsp3) is 0.286. The predicted octanol–water partition coefficient (Wildman–Crippen LogP) is 3.65. The number of hydrogen-bond donors (Lipinski definition) is 1. The highest BCUT2D eigenvalue weighted by atomic mass is 35.5. The van der Waals surface area contributed by atoms with Gasteiger partial charge in [-0.2, -0.15) is 0 Å². The Kier molecular flexibility index (Phi) is 3.47. The number of nitrogens with one attached hydrogen (secondary N) is 1. The van der Waals surface area contributed by atoms with Crippen LogP contribution in [0.25, 0.3) is 10.8 Å². The second kappa shape index (κ2) is 4.86. The van der Waals surface area contributed by atoms with Crippen molar-refractivity contribution in [3.05, 3.63) is 47.5 Å². The first-order valence-corrected chi connectivity index (χ1v) is 6.01. The molecule has 0 amide bonds. The third kappa shape index (κ3) is 2.21. The topological polar surface area (TPSA) is 12.0 Å². The van der Waals surface area contributed by atoms with E-state index in [9.17, 15) is 0 Å². The van der Waals surface area contributed by atoms with Crippen molar-refractivity contribution in [1.82, 2.24) is 5.32 Å². The van der Waals surface area contributed by atoms with E-state index in [0.717, 1.165) is 0 Å². The fourth-order valence-electron chi connectivity index (χ4n) is 1.93. The van der Waals surface area contributed by atoms with Crippen molar-refractivity contribution in [3.8, 4) is 0 Å². The average Bonchev–Trinajstić information content (AvgIpc) is 2.31. The summed E-state index contributed by atoms with van der Waals surface area (Å²) >= 11 is 5.92. The van der Waals surface area contributed by atoms with E-state index in [1.807, 2.05) is 7.05 Å². The molecule has 2 aromatic carbocycles. The number of fused-ring (bicyclic) bond motifs is 1. The number of alkyl halides is 1. The van der Waals surface area contributed by atoms with E-state index in [1.165, 1.54) is 21.9 Å². The van der Waals surface area contributed by atoms with Crippen LogP contribution in [0.2, 0.25) is 0 Å². The lowest BCUT2D eigenvalue weighted by molar-refractivity contribution is 0.659. The standard InChI is InChI=1S/C14H16ClN/c1-10-3-4-12-8-13(14(9-15)16-2)6-5-11(12)7-10/h3-8,14,16H,9H2,1-2H3. The zero-order valence-electron chi connectivity index (χ0n) is 9.63. The normalized spacial score (nSPS) is 12.9. The second-order valence-electron chi connectivity index (χ2n) is 4.11. The molecule has 16 heavy (non-hydrogen) atoms. The number of halogens is 1. The largest absolute Gasteiger partial charge is 0.312 e. The maximum Gasteiger partial charge on any atom is 0.0455 e. The molecule has 1 N–H and O–H groups in total. The Morgan fingerprint density at radius 1 is 1.12 bits per heavy atom. The molecule has 84 valence electrons. The lowest BCUT2D eigenvalue weighted by atomic mass is 10.0. The van der Waals surface area contributed by atoms with Crippen molar-refractivity contribution in [2.24, 2.45) is 0 Å². The highest BCUT2D eigenvalue weighted by Gasteiger charge is 2.07. The molecular weight excluding hydrogens is 218 g/mol. The minimum Gasteiger partial charge on any atom is -0.312 e. The Balaban J connectivity index is 2.47. The van der Waals surface area contributed by atoms with Crippen LogP contribution < -0.4 is 5.32 Å². The predicted molar refractivity (Wildman–Crippen MR) is 71.2 cm³/mol. The minimum atomic E-state index is 0.229. The van der Waals surface area contributed by atoms with Gasteiger partial charge < -0.3 is 5.32 Å².